The molecule has 0 aliphatic rings. The zero-order chi connectivity index (χ0) is 25.3. The predicted molar refractivity (Wildman–Crippen MR) is 136 cm³/mol. The summed E-state index contributed by atoms with van der Waals surface area (Å²) in [7, 11) is 1.52. The molecule has 0 aromatic heterocycles. The minimum Gasteiger partial charge on any atom is -0.480 e. The van der Waals surface area contributed by atoms with Crippen molar-refractivity contribution in [1.82, 2.24) is 4.90 Å². The highest BCUT2D eigenvalue weighted by Crippen LogP contribution is 2.24. The maximum atomic E-state index is 12.7. The van der Waals surface area contributed by atoms with Gasteiger partial charge in [-0.2, -0.15) is 0 Å². The summed E-state index contributed by atoms with van der Waals surface area (Å²) in [5.41, 5.74) is 4.20. The highest BCUT2D eigenvalue weighted by Gasteiger charge is 2.44. The molecule has 1 amide bonds. The first kappa shape index (κ1) is 31.6. The molecular weight excluding hydrogens is 416 g/mol. The molecule has 0 spiro atoms. The molecular formula is C27H52N2O4. The molecule has 0 fully saturated rings. The Morgan fingerprint density at radius 1 is 0.848 bits per heavy atom. The third-order valence-corrected chi connectivity index (χ3v) is 6.89. The quantitative estimate of drug-likeness (QED) is 0.148. The van der Waals surface area contributed by atoms with Crippen LogP contribution in [0.2, 0.25) is 0 Å². The molecule has 2 unspecified atom stereocenters. The van der Waals surface area contributed by atoms with E-state index in [-0.39, 0.29) is 12.2 Å². The average molecular weight is 469 g/mol. The van der Waals surface area contributed by atoms with Crippen molar-refractivity contribution < 1.29 is 19.5 Å². The van der Waals surface area contributed by atoms with Crippen molar-refractivity contribution in [2.75, 3.05) is 7.05 Å². The van der Waals surface area contributed by atoms with Crippen LogP contribution in [0.25, 0.3) is 0 Å². The first-order valence-electron chi connectivity index (χ1n) is 13.4. The van der Waals surface area contributed by atoms with Crippen molar-refractivity contribution >= 4 is 17.7 Å². The summed E-state index contributed by atoms with van der Waals surface area (Å²) in [6.45, 7) is 8.01. The number of carbonyl (C=O) groups is 3. The molecule has 0 aliphatic heterocycles. The summed E-state index contributed by atoms with van der Waals surface area (Å²) in [5, 5.41) is 9.66. The Morgan fingerprint density at radius 3 is 1.64 bits per heavy atom. The predicted octanol–water partition coefficient (Wildman–Crippen LogP) is 6.10. The standard InChI is InChI=1S/C27H52N2O4/c1-6-21-27(4,26(32)33)29(5)24(25(28)31)23(30)20-18-16-14-12-10-8-7-9-11-13-15-17-19-22(2)3/h22,24H,6-21H2,1-5H3,(H2,28,31)(H,32,33). The van der Waals surface area contributed by atoms with E-state index in [1.807, 2.05) is 6.92 Å². The largest absolute Gasteiger partial charge is 0.480 e. The SMILES string of the molecule is CCCC(C)(C(=O)O)N(C)C(C(N)=O)C(=O)CCCCCCCCCCCCCCC(C)C. The number of ketones is 1. The smallest absolute Gasteiger partial charge is 0.323 e. The second-order valence-corrected chi connectivity index (χ2v) is 10.4. The molecule has 0 saturated heterocycles. The number of aliphatic carboxylic acids is 1. The normalized spacial score (nSPS) is 14.4. The molecule has 2 atom stereocenters. The van der Waals surface area contributed by atoms with Crippen LogP contribution < -0.4 is 5.73 Å². The maximum absolute atomic E-state index is 12.7. The van der Waals surface area contributed by atoms with Gasteiger partial charge in [0.1, 0.15) is 11.6 Å². The molecule has 0 bridgehead atoms. The number of carboxylic acid groups (broad SMARTS) is 1. The lowest BCUT2D eigenvalue weighted by atomic mass is 9.91. The van der Waals surface area contributed by atoms with E-state index < -0.39 is 23.5 Å². The number of nitrogens with two attached hydrogens (primary N) is 1. The molecule has 0 aromatic carbocycles. The third kappa shape index (κ3) is 13.1. The van der Waals surface area contributed by atoms with Gasteiger partial charge in [0.2, 0.25) is 5.91 Å². The van der Waals surface area contributed by atoms with E-state index in [0.717, 1.165) is 18.8 Å². The van der Waals surface area contributed by atoms with Crippen LogP contribution in [0.1, 0.15) is 130 Å². The van der Waals surface area contributed by atoms with E-state index in [4.69, 9.17) is 5.73 Å². The van der Waals surface area contributed by atoms with Crippen LogP contribution >= 0.6 is 0 Å². The van der Waals surface area contributed by atoms with Crippen LogP contribution in [0.5, 0.6) is 0 Å². The Kier molecular flexibility index (Phi) is 17.2. The number of amides is 1. The van der Waals surface area contributed by atoms with Crippen LogP contribution in [-0.4, -0.2) is 46.3 Å². The molecule has 0 radical (unpaired) electrons. The van der Waals surface area contributed by atoms with E-state index >= 15 is 0 Å². The second kappa shape index (κ2) is 18.0. The monoisotopic (exact) mass is 468 g/mol. The topological polar surface area (TPSA) is 101 Å². The van der Waals surface area contributed by atoms with Gasteiger partial charge < -0.3 is 10.8 Å². The van der Waals surface area contributed by atoms with Crippen LogP contribution in [0.4, 0.5) is 0 Å². The lowest BCUT2D eigenvalue weighted by Gasteiger charge is -2.38. The van der Waals surface area contributed by atoms with Crippen molar-refractivity contribution in [2.24, 2.45) is 11.7 Å². The van der Waals surface area contributed by atoms with Gasteiger partial charge in [0.05, 0.1) is 0 Å². The Morgan fingerprint density at radius 2 is 1.27 bits per heavy atom. The summed E-state index contributed by atoms with van der Waals surface area (Å²) in [4.78, 5) is 37.8. The van der Waals surface area contributed by atoms with Crippen LogP contribution in [0.15, 0.2) is 0 Å². The van der Waals surface area contributed by atoms with Crippen LogP contribution in [-0.2, 0) is 14.4 Å². The second-order valence-electron chi connectivity index (χ2n) is 10.4. The Hall–Kier alpha value is -1.43. The number of carbonyl (C=O) groups excluding carboxylic acids is 2. The van der Waals surface area contributed by atoms with E-state index in [1.165, 1.54) is 76.2 Å². The van der Waals surface area contributed by atoms with E-state index in [1.54, 1.807) is 6.92 Å². The molecule has 194 valence electrons. The van der Waals surface area contributed by atoms with Gasteiger partial charge in [-0.25, -0.2) is 0 Å². The van der Waals surface area contributed by atoms with Gasteiger partial charge in [-0.05, 0) is 32.7 Å². The van der Waals surface area contributed by atoms with Crippen molar-refractivity contribution in [3.63, 3.8) is 0 Å². The van der Waals surface area contributed by atoms with Gasteiger partial charge in [0.25, 0.3) is 0 Å². The van der Waals surface area contributed by atoms with Crippen molar-refractivity contribution in [3.05, 3.63) is 0 Å². The zero-order valence-corrected chi connectivity index (χ0v) is 22.2. The molecule has 0 heterocycles. The maximum Gasteiger partial charge on any atom is 0.323 e. The van der Waals surface area contributed by atoms with Crippen LogP contribution in [0.3, 0.4) is 0 Å². The fourth-order valence-corrected chi connectivity index (χ4v) is 4.53. The first-order valence-corrected chi connectivity index (χ1v) is 13.4. The highest BCUT2D eigenvalue weighted by atomic mass is 16.4. The number of primary amides is 1. The molecule has 6 nitrogen and oxygen atoms in total. The summed E-state index contributed by atoms with van der Waals surface area (Å²) in [5.74, 6) is -1.27. The lowest BCUT2D eigenvalue weighted by Crippen LogP contribution is -2.60. The van der Waals surface area contributed by atoms with Gasteiger partial charge in [-0.15, -0.1) is 0 Å². The molecule has 3 N–H and O–H groups in total. The molecule has 0 aliphatic carbocycles. The molecule has 33 heavy (non-hydrogen) atoms. The molecule has 0 saturated carbocycles. The molecule has 0 aromatic rings. The van der Waals surface area contributed by atoms with Gasteiger partial charge in [0.15, 0.2) is 5.78 Å². The number of rotatable bonds is 22. The van der Waals surface area contributed by atoms with Gasteiger partial charge >= 0.3 is 5.97 Å². The highest BCUT2D eigenvalue weighted by molar-refractivity contribution is 6.05. The molecule has 6 heteroatoms. The summed E-state index contributed by atoms with van der Waals surface area (Å²) in [6.07, 6.45) is 17.1. The van der Waals surface area contributed by atoms with Gasteiger partial charge in [0, 0.05) is 6.42 Å². The summed E-state index contributed by atoms with van der Waals surface area (Å²) < 4.78 is 0. The number of hydrogen-bond acceptors (Lipinski definition) is 4. The van der Waals surface area contributed by atoms with Gasteiger partial charge in [-0.1, -0.05) is 104 Å². The zero-order valence-electron chi connectivity index (χ0n) is 22.2. The third-order valence-electron chi connectivity index (χ3n) is 6.89. The summed E-state index contributed by atoms with van der Waals surface area (Å²) >= 11 is 0. The number of unbranched alkanes of at least 4 members (excludes halogenated alkanes) is 11. The summed E-state index contributed by atoms with van der Waals surface area (Å²) in [6, 6.07) is -1.19. The first-order chi connectivity index (χ1) is 15.6. The Bertz CT molecular complexity index is 564. The molecule has 0 rings (SSSR count). The minimum atomic E-state index is -1.29. The number of nitrogens with zero attached hydrogens (tertiary/aromatic N) is 1. The fraction of sp³-hybridized carbons (Fsp3) is 0.889. The van der Waals surface area contributed by atoms with Crippen LogP contribution in [0, 0.1) is 5.92 Å². The minimum absolute atomic E-state index is 0.260. The Balaban J connectivity index is 4.06. The number of Topliss-reactive ketones (excluding diaryl/α,β-unsaturated/α-hetero) is 1. The van der Waals surface area contributed by atoms with Crippen molar-refractivity contribution in [1.29, 1.82) is 0 Å². The van der Waals surface area contributed by atoms with E-state index in [0.29, 0.717) is 19.3 Å². The number of likely N-dealkylation sites (N-methyl/N-ethyl adjacent to an activating group) is 1. The van der Waals surface area contributed by atoms with Crippen molar-refractivity contribution in [3.8, 4) is 0 Å². The van der Waals surface area contributed by atoms with Crippen molar-refractivity contribution in [2.45, 2.75) is 142 Å². The lowest BCUT2D eigenvalue weighted by molar-refractivity contribution is -0.154. The fourth-order valence-electron chi connectivity index (χ4n) is 4.53. The Labute approximate surface area is 203 Å². The van der Waals surface area contributed by atoms with E-state index in [2.05, 4.69) is 13.8 Å². The number of hydrogen-bond donors (Lipinski definition) is 2. The average Bonchev–Trinajstić information content (AvgIpc) is 2.73. The number of carboxylic acids is 1. The van der Waals surface area contributed by atoms with Gasteiger partial charge in [-0.3, -0.25) is 19.3 Å². The van der Waals surface area contributed by atoms with E-state index in [9.17, 15) is 19.5 Å².